The van der Waals surface area contributed by atoms with Crippen LogP contribution >= 0.6 is 0 Å². The lowest BCUT2D eigenvalue weighted by Gasteiger charge is -2.06. The quantitative estimate of drug-likeness (QED) is 0.435. The van der Waals surface area contributed by atoms with Crippen LogP contribution in [0.4, 0.5) is 5.69 Å². The lowest BCUT2D eigenvalue weighted by molar-refractivity contribution is -0.151. The number of anilines is 1. The fourth-order valence-corrected chi connectivity index (χ4v) is 1.89. The molecule has 0 saturated heterocycles. The van der Waals surface area contributed by atoms with Crippen molar-refractivity contribution >= 4 is 23.8 Å². The molecule has 0 heterocycles. The van der Waals surface area contributed by atoms with E-state index in [0.29, 0.717) is 11.3 Å². The number of nitrogens with zero attached hydrogens (tertiary/aromatic N) is 2. The number of hydrogen-bond donors (Lipinski definition) is 1. The number of nitrogens with one attached hydrogen (secondary N) is 1. The number of rotatable bonds is 8. The first-order chi connectivity index (χ1) is 13.1. The molecule has 0 fully saturated rings. The molecule has 0 unspecified atom stereocenters. The van der Waals surface area contributed by atoms with Crippen LogP contribution in [-0.2, 0) is 19.2 Å². The van der Waals surface area contributed by atoms with E-state index in [1.165, 1.54) is 6.21 Å². The molecule has 0 aliphatic carbocycles. The summed E-state index contributed by atoms with van der Waals surface area (Å²) < 4.78 is 9.82. The van der Waals surface area contributed by atoms with E-state index in [0.717, 1.165) is 11.3 Å². The van der Waals surface area contributed by atoms with Gasteiger partial charge in [0.25, 0.3) is 5.91 Å². The molecule has 1 amide bonds. The average molecular weight is 367 g/mol. The van der Waals surface area contributed by atoms with E-state index >= 15 is 0 Å². The minimum absolute atomic E-state index is 0.420. The predicted octanol–water partition coefficient (Wildman–Crippen LogP) is 2.10. The second-order valence-electron chi connectivity index (χ2n) is 5.18. The second kappa shape index (κ2) is 10.2. The molecule has 2 aromatic rings. The van der Waals surface area contributed by atoms with Gasteiger partial charge in [0, 0.05) is 5.69 Å². The third-order valence-corrected chi connectivity index (χ3v) is 3.24. The van der Waals surface area contributed by atoms with Gasteiger partial charge in [0.1, 0.15) is 5.75 Å². The van der Waals surface area contributed by atoms with Gasteiger partial charge in [-0.15, -0.1) is 0 Å². The van der Waals surface area contributed by atoms with Crippen molar-refractivity contribution < 1.29 is 23.9 Å². The van der Waals surface area contributed by atoms with Crippen LogP contribution in [0, 0.1) is 11.3 Å². The minimum atomic E-state index is -0.725. The van der Waals surface area contributed by atoms with Crippen LogP contribution in [-0.4, -0.2) is 38.4 Å². The Morgan fingerprint density at radius 1 is 1.11 bits per heavy atom. The van der Waals surface area contributed by atoms with E-state index in [4.69, 9.17) is 19.6 Å². The van der Waals surface area contributed by atoms with Crippen LogP contribution in [0.1, 0.15) is 11.1 Å². The van der Waals surface area contributed by atoms with Gasteiger partial charge in [-0.2, -0.15) is 5.26 Å². The number of carbonyl (C=O) groups excluding carboxylic acids is 2. The van der Waals surface area contributed by atoms with Crippen molar-refractivity contribution in [3.63, 3.8) is 0 Å². The second-order valence-corrected chi connectivity index (χ2v) is 5.18. The third kappa shape index (κ3) is 6.88. The minimum Gasteiger partial charge on any atom is -0.497 e. The van der Waals surface area contributed by atoms with Crippen LogP contribution in [0.25, 0.3) is 0 Å². The van der Waals surface area contributed by atoms with Gasteiger partial charge < -0.3 is 19.6 Å². The Morgan fingerprint density at radius 2 is 1.81 bits per heavy atom. The lowest BCUT2D eigenvalue weighted by atomic mass is 10.2. The van der Waals surface area contributed by atoms with Crippen LogP contribution in [0.2, 0.25) is 0 Å². The number of amides is 1. The van der Waals surface area contributed by atoms with Gasteiger partial charge in [0.05, 0.1) is 25.0 Å². The molecule has 8 heteroatoms. The van der Waals surface area contributed by atoms with E-state index in [1.807, 2.05) is 6.07 Å². The first-order valence-electron chi connectivity index (χ1n) is 7.85. The molecule has 0 saturated carbocycles. The van der Waals surface area contributed by atoms with E-state index in [9.17, 15) is 9.59 Å². The highest BCUT2D eigenvalue weighted by Crippen LogP contribution is 2.10. The van der Waals surface area contributed by atoms with Crippen molar-refractivity contribution in [1.29, 1.82) is 5.26 Å². The van der Waals surface area contributed by atoms with E-state index in [1.54, 1.807) is 55.6 Å². The van der Waals surface area contributed by atoms with Crippen molar-refractivity contribution in [2.75, 3.05) is 25.6 Å². The molecule has 0 bridgehead atoms. The number of methoxy groups -OCH3 is 1. The smallest absolute Gasteiger partial charge is 0.347 e. The highest BCUT2D eigenvalue weighted by Gasteiger charge is 2.08. The van der Waals surface area contributed by atoms with Crippen LogP contribution in [0.5, 0.6) is 5.75 Å². The Hall–Kier alpha value is -3.86. The Bertz CT molecular complexity index is 839. The van der Waals surface area contributed by atoms with Gasteiger partial charge in [-0.25, -0.2) is 4.79 Å². The molecule has 0 aromatic heterocycles. The molecular formula is C19H17N3O5. The standard InChI is InChI=1S/C19H17N3O5/c1-25-17-8-4-15(5-9-17)11-21-27-13-19(24)26-12-18(23)22-16-6-2-14(10-20)3-7-16/h2-9,11H,12-13H2,1H3,(H,22,23)/b21-11-. The maximum atomic E-state index is 11.7. The Morgan fingerprint density at radius 3 is 2.44 bits per heavy atom. The SMILES string of the molecule is COc1ccc(/C=N\OCC(=O)OCC(=O)Nc2ccc(C#N)cc2)cc1. The molecule has 138 valence electrons. The van der Waals surface area contributed by atoms with Crippen molar-refractivity contribution in [2.45, 2.75) is 0 Å². The summed E-state index contributed by atoms with van der Waals surface area (Å²) in [4.78, 5) is 28.1. The molecule has 0 spiro atoms. The average Bonchev–Trinajstić information content (AvgIpc) is 2.70. The number of esters is 1. The maximum absolute atomic E-state index is 11.7. The van der Waals surface area contributed by atoms with Crippen LogP contribution < -0.4 is 10.1 Å². The molecule has 27 heavy (non-hydrogen) atoms. The highest BCUT2D eigenvalue weighted by atomic mass is 16.7. The summed E-state index contributed by atoms with van der Waals surface area (Å²) in [5, 5.41) is 14.9. The monoisotopic (exact) mass is 367 g/mol. The number of carbonyl (C=O) groups is 2. The molecule has 0 atom stereocenters. The van der Waals surface area contributed by atoms with Gasteiger partial charge >= 0.3 is 5.97 Å². The van der Waals surface area contributed by atoms with Crippen molar-refractivity contribution in [2.24, 2.45) is 5.16 Å². The van der Waals surface area contributed by atoms with E-state index in [2.05, 4.69) is 10.5 Å². The van der Waals surface area contributed by atoms with Crippen LogP contribution in [0.15, 0.2) is 53.7 Å². The number of ether oxygens (including phenoxy) is 2. The van der Waals surface area contributed by atoms with Crippen molar-refractivity contribution in [3.05, 3.63) is 59.7 Å². The molecule has 0 aliphatic heterocycles. The maximum Gasteiger partial charge on any atom is 0.347 e. The van der Waals surface area contributed by atoms with Crippen molar-refractivity contribution in [1.82, 2.24) is 0 Å². The first-order valence-corrected chi connectivity index (χ1v) is 7.85. The molecule has 0 aliphatic rings. The molecule has 1 N–H and O–H groups in total. The van der Waals surface area contributed by atoms with Gasteiger partial charge in [-0.05, 0) is 54.1 Å². The highest BCUT2D eigenvalue weighted by molar-refractivity contribution is 5.92. The summed E-state index contributed by atoms with van der Waals surface area (Å²) in [6.45, 7) is -0.874. The summed E-state index contributed by atoms with van der Waals surface area (Å²) in [5.74, 6) is -0.511. The fraction of sp³-hybridized carbons (Fsp3) is 0.158. The largest absolute Gasteiger partial charge is 0.497 e. The summed E-state index contributed by atoms with van der Waals surface area (Å²) in [6, 6.07) is 15.3. The lowest BCUT2D eigenvalue weighted by Crippen LogP contribution is -2.22. The van der Waals surface area contributed by atoms with Gasteiger partial charge in [0.2, 0.25) is 6.61 Å². The number of nitriles is 1. The fourth-order valence-electron chi connectivity index (χ4n) is 1.89. The molecule has 2 rings (SSSR count). The van der Waals surface area contributed by atoms with Crippen molar-refractivity contribution in [3.8, 4) is 11.8 Å². The Labute approximate surface area is 155 Å². The first kappa shape index (κ1) is 19.5. The number of benzene rings is 2. The summed E-state index contributed by atoms with van der Waals surface area (Å²) in [5.41, 5.74) is 1.74. The molecule has 0 radical (unpaired) electrons. The normalized spacial score (nSPS) is 10.1. The predicted molar refractivity (Wildman–Crippen MR) is 97.3 cm³/mol. The van der Waals surface area contributed by atoms with Crippen LogP contribution in [0.3, 0.4) is 0 Å². The summed E-state index contributed by atoms with van der Waals surface area (Å²) >= 11 is 0. The third-order valence-electron chi connectivity index (χ3n) is 3.24. The zero-order valence-electron chi connectivity index (χ0n) is 14.5. The molecule has 8 nitrogen and oxygen atoms in total. The van der Waals surface area contributed by atoms with Gasteiger partial charge in [0.15, 0.2) is 6.61 Å². The Balaban J connectivity index is 1.66. The Kier molecular flexibility index (Phi) is 7.36. The van der Waals surface area contributed by atoms with Gasteiger partial charge in [-0.3, -0.25) is 4.79 Å². The number of oxime groups is 1. The zero-order valence-corrected chi connectivity index (χ0v) is 14.5. The topological polar surface area (TPSA) is 110 Å². The zero-order chi connectivity index (χ0) is 19.5. The van der Waals surface area contributed by atoms with E-state index < -0.39 is 25.1 Å². The summed E-state index contributed by atoms with van der Waals surface area (Å²) in [7, 11) is 1.57. The number of hydrogen-bond acceptors (Lipinski definition) is 7. The van der Waals surface area contributed by atoms with Gasteiger partial charge in [-0.1, -0.05) is 5.16 Å². The molecular weight excluding hydrogens is 350 g/mol. The summed E-state index contributed by atoms with van der Waals surface area (Å²) in [6.07, 6.45) is 1.43. The molecule has 2 aromatic carbocycles. The van der Waals surface area contributed by atoms with E-state index in [-0.39, 0.29) is 0 Å².